The summed E-state index contributed by atoms with van der Waals surface area (Å²) in [5, 5.41) is 0.763. The third-order valence-electron chi connectivity index (χ3n) is 3.44. The van der Waals surface area contributed by atoms with Gasteiger partial charge in [0.2, 0.25) is 0 Å². The Kier molecular flexibility index (Phi) is 6.84. The van der Waals surface area contributed by atoms with Crippen molar-refractivity contribution in [2.24, 2.45) is 0 Å². The number of carbonyl (C=O) groups is 1. The number of nitrogens with zero attached hydrogens (tertiary/aromatic N) is 1. The van der Waals surface area contributed by atoms with Crippen LogP contribution in [0.5, 0.6) is 0 Å². The van der Waals surface area contributed by atoms with Crippen molar-refractivity contribution in [1.82, 2.24) is 4.90 Å². The van der Waals surface area contributed by atoms with Gasteiger partial charge in [0, 0.05) is 0 Å². The van der Waals surface area contributed by atoms with Gasteiger partial charge in [-0.3, -0.25) is 0 Å². The zero-order chi connectivity index (χ0) is 15.3. The van der Waals surface area contributed by atoms with Crippen molar-refractivity contribution in [3.05, 3.63) is 23.8 Å². The molecular formula is C16H27NO2Se. The second-order valence-electron chi connectivity index (χ2n) is 5.77. The second-order valence-corrected chi connectivity index (χ2v) is 9.29. The Bertz CT molecular complexity index is 416. The van der Waals surface area contributed by atoms with Gasteiger partial charge >= 0.3 is 127 Å². The first-order valence-corrected chi connectivity index (χ1v) is 10.4. The molecule has 3 nitrogen and oxygen atoms in total. The van der Waals surface area contributed by atoms with Crippen LogP contribution in [0.4, 0.5) is 0 Å². The summed E-state index contributed by atoms with van der Waals surface area (Å²) in [6.45, 7) is 10.2. The van der Waals surface area contributed by atoms with Crippen molar-refractivity contribution in [3.63, 3.8) is 0 Å². The third kappa shape index (κ3) is 4.13. The number of allylic oxidation sites excluding steroid dienone is 3. The molecule has 0 aromatic carbocycles. The van der Waals surface area contributed by atoms with Crippen molar-refractivity contribution < 1.29 is 8.63 Å². The second kappa shape index (κ2) is 7.90. The fourth-order valence-electron chi connectivity index (χ4n) is 2.51. The van der Waals surface area contributed by atoms with E-state index in [-0.39, 0.29) is 22.8 Å². The Morgan fingerprint density at radius 1 is 1.30 bits per heavy atom. The van der Waals surface area contributed by atoms with Gasteiger partial charge in [-0.1, -0.05) is 0 Å². The van der Waals surface area contributed by atoms with Crippen LogP contribution >= 0.6 is 0 Å². The van der Waals surface area contributed by atoms with Gasteiger partial charge in [0.1, 0.15) is 0 Å². The molecule has 0 bridgehead atoms. The molecular weight excluding hydrogens is 317 g/mol. The van der Waals surface area contributed by atoms with Crippen LogP contribution in [0.1, 0.15) is 47.5 Å². The average Bonchev–Trinajstić information content (AvgIpc) is 2.84. The summed E-state index contributed by atoms with van der Waals surface area (Å²) in [5.41, 5.74) is 0.725. The Morgan fingerprint density at radius 2 is 1.90 bits per heavy atom. The Balaban J connectivity index is 2.84. The first-order chi connectivity index (χ1) is 9.40. The maximum absolute atomic E-state index is 12.7. The molecule has 114 valence electrons. The molecule has 0 aromatic heterocycles. The van der Waals surface area contributed by atoms with Crippen LogP contribution in [-0.2, 0) is 8.63 Å². The van der Waals surface area contributed by atoms with Crippen molar-refractivity contribution in [2.45, 2.75) is 69.7 Å². The van der Waals surface area contributed by atoms with Gasteiger partial charge in [0.05, 0.1) is 0 Å². The Labute approximate surface area is 127 Å². The van der Waals surface area contributed by atoms with E-state index in [1.54, 1.807) is 0 Å². The molecule has 1 amide bonds. The van der Waals surface area contributed by atoms with E-state index >= 15 is 0 Å². The first-order valence-electron chi connectivity index (χ1n) is 7.48. The number of amides is 1. The minimum atomic E-state index is -2.00. The molecule has 1 aliphatic rings. The van der Waals surface area contributed by atoms with E-state index in [2.05, 4.69) is 6.92 Å². The molecule has 20 heavy (non-hydrogen) atoms. The molecule has 0 fully saturated rings. The Hall–Kier alpha value is -0.731. The van der Waals surface area contributed by atoms with E-state index in [0.717, 1.165) is 23.7 Å². The monoisotopic (exact) mass is 345 g/mol. The standard InChI is InChI=1S/C16H27NO2Se/c1-6-7-11-20(19)15-10-8-9-14(15)16(18)17(12(2)3)13(4)5/h8-10,12-13,15H,6-7,11H2,1-5H3. The number of unbranched alkanes of at least 4 members (excludes halogenated alkanes) is 1. The summed E-state index contributed by atoms with van der Waals surface area (Å²) < 4.78 is 12.4. The van der Waals surface area contributed by atoms with E-state index in [0.29, 0.717) is 0 Å². The van der Waals surface area contributed by atoms with Crippen LogP contribution in [0, 0.1) is 0 Å². The van der Waals surface area contributed by atoms with Crippen LogP contribution in [0.15, 0.2) is 23.8 Å². The van der Waals surface area contributed by atoms with Crippen molar-refractivity contribution >= 4 is 19.7 Å². The predicted molar refractivity (Wildman–Crippen MR) is 84.2 cm³/mol. The summed E-state index contributed by atoms with van der Waals surface area (Å²) in [7, 11) is 0. The van der Waals surface area contributed by atoms with Crippen LogP contribution in [0.2, 0.25) is 10.1 Å². The number of hydrogen-bond acceptors (Lipinski definition) is 2. The van der Waals surface area contributed by atoms with Gasteiger partial charge in [0.15, 0.2) is 0 Å². The molecule has 4 heteroatoms. The first kappa shape index (κ1) is 17.3. The molecule has 0 saturated carbocycles. The van der Waals surface area contributed by atoms with Gasteiger partial charge < -0.3 is 0 Å². The molecule has 0 aromatic rings. The molecule has 0 N–H and O–H groups in total. The van der Waals surface area contributed by atoms with Gasteiger partial charge in [-0.05, 0) is 0 Å². The van der Waals surface area contributed by atoms with E-state index in [1.807, 2.05) is 50.8 Å². The van der Waals surface area contributed by atoms with Gasteiger partial charge in [-0.15, -0.1) is 0 Å². The molecule has 1 aliphatic carbocycles. The summed E-state index contributed by atoms with van der Waals surface area (Å²) in [6.07, 6.45) is 7.72. The van der Waals surface area contributed by atoms with E-state index < -0.39 is 13.8 Å². The summed E-state index contributed by atoms with van der Waals surface area (Å²) in [5.74, 6) is 0.0473. The molecule has 0 radical (unpaired) electrons. The number of hydrogen-bond donors (Lipinski definition) is 0. The van der Waals surface area contributed by atoms with E-state index in [1.165, 1.54) is 0 Å². The van der Waals surface area contributed by atoms with Crippen LogP contribution < -0.4 is 0 Å². The number of carbonyl (C=O) groups excluding carboxylic acids is 1. The fourth-order valence-corrected chi connectivity index (χ4v) is 5.77. The van der Waals surface area contributed by atoms with Crippen molar-refractivity contribution in [2.75, 3.05) is 0 Å². The average molecular weight is 344 g/mol. The predicted octanol–water partition coefficient (Wildman–Crippen LogP) is 3.72. The normalized spacial score (nSPS) is 19.6. The maximum atomic E-state index is 12.7. The van der Waals surface area contributed by atoms with Crippen LogP contribution in [0.25, 0.3) is 0 Å². The molecule has 2 unspecified atom stereocenters. The quantitative estimate of drug-likeness (QED) is 0.660. The molecule has 0 spiro atoms. The fraction of sp³-hybridized carbons (Fsp3) is 0.688. The van der Waals surface area contributed by atoms with Crippen LogP contribution in [-0.4, -0.2) is 36.7 Å². The molecule has 2 atom stereocenters. The SMILES string of the molecule is CCCC[Se](=O)C1C=CC=C1C(=O)N(C(C)C)C(C)C. The van der Waals surface area contributed by atoms with E-state index in [4.69, 9.17) is 0 Å². The molecule has 0 heterocycles. The van der Waals surface area contributed by atoms with Crippen LogP contribution in [0.3, 0.4) is 0 Å². The topological polar surface area (TPSA) is 37.4 Å². The van der Waals surface area contributed by atoms with Gasteiger partial charge in [-0.25, -0.2) is 0 Å². The molecule has 1 rings (SSSR count). The zero-order valence-corrected chi connectivity index (χ0v) is 15.0. The van der Waals surface area contributed by atoms with E-state index in [9.17, 15) is 8.63 Å². The zero-order valence-electron chi connectivity index (χ0n) is 13.3. The summed E-state index contributed by atoms with van der Waals surface area (Å²) in [6, 6.07) is 0.316. The third-order valence-corrected chi connectivity index (χ3v) is 6.95. The van der Waals surface area contributed by atoms with Crippen molar-refractivity contribution in [1.29, 1.82) is 0 Å². The van der Waals surface area contributed by atoms with Crippen molar-refractivity contribution in [3.8, 4) is 0 Å². The van der Waals surface area contributed by atoms with Gasteiger partial charge in [-0.2, -0.15) is 0 Å². The summed E-state index contributed by atoms with van der Waals surface area (Å²) >= 11 is -2.00. The molecule has 0 saturated heterocycles. The summed E-state index contributed by atoms with van der Waals surface area (Å²) in [4.78, 5) is 14.5. The Morgan fingerprint density at radius 3 is 2.40 bits per heavy atom. The van der Waals surface area contributed by atoms with Gasteiger partial charge in [0.25, 0.3) is 0 Å². The molecule has 0 aliphatic heterocycles. The number of rotatable bonds is 7. The minimum absolute atomic E-state index is 0.0473.